The van der Waals surface area contributed by atoms with Crippen LogP contribution in [-0.4, -0.2) is 45.1 Å². The molecule has 0 spiro atoms. The molecule has 0 aliphatic carbocycles. The number of hydrogen-bond donors (Lipinski definition) is 2. The molecular weight excluding hydrogens is 344 g/mol. The van der Waals surface area contributed by atoms with Gasteiger partial charge in [0, 0.05) is 25.9 Å². The van der Waals surface area contributed by atoms with Gasteiger partial charge < -0.3 is 10.0 Å². The Bertz CT molecular complexity index is 916. The quantitative estimate of drug-likeness (QED) is 0.845. The molecule has 0 radical (unpaired) electrons. The van der Waals surface area contributed by atoms with Crippen LogP contribution < -0.4 is 13.9 Å². The number of phenols is 1. The molecule has 1 saturated heterocycles. The van der Waals surface area contributed by atoms with E-state index in [0.29, 0.717) is 11.1 Å². The van der Waals surface area contributed by atoms with Gasteiger partial charge in [0.2, 0.25) is 0 Å². The van der Waals surface area contributed by atoms with Gasteiger partial charge in [-0.2, -0.15) is 8.42 Å². The van der Waals surface area contributed by atoms with Crippen LogP contribution in [0.4, 0.5) is 11.5 Å². The molecular formula is C16H18N4O4S. The minimum Gasteiger partial charge on any atom is -0.506 e. The maximum absolute atomic E-state index is 12.0. The lowest BCUT2D eigenvalue weighted by Crippen LogP contribution is -2.30. The van der Waals surface area contributed by atoms with Gasteiger partial charge in [0.1, 0.15) is 18.1 Å². The van der Waals surface area contributed by atoms with E-state index < -0.39 is 16.1 Å². The van der Waals surface area contributed by atoms with E-state index in [1.165, 1.54) is 6.07 Å². The van der Waals surface area contributed by atoms with Gasteiger partial charge in [-0.1, -0.05) is 0 Å². The highest BCUT2D eigenvalue weighted by atomic mass is 32.2. The normalized spacial score (nSPS) is 16.0. The zero-order valence-corrected chi connectivity index (χ0v) is 14.8. The molecule has 9 heteroatoms. The summed E-state index contributed by atoms with van der Waals surface area (Å²) >= 11 is 0. The second-order valence-electron chi connectivity index (χ2n) is 6.00. The fourth-order valence-electron chi connectivity index (χ4n) is 2.72. The average molecular weight is 362 g/mol. The Labute approximate surface area is 145 Å². The van der Waals surface area contributed by atoms with Crippen LogP contribution in [0.1, 0.15) is 5.56 Å². The second-order valence-corrected chi connectivity index (χ2v) is 7.59. The van der Waals surface area contributed by atoms with E-state index in [0.717, 1.165) is 15.7 Å². The van der Waals surface area contributed by atoms with Crippen LogP contribution in [0, 0.1) is 6.92 Å². The Hall–Kier alpha value is -2.81. The zero-order valence-electron chi connectivity index (χ0n) is 14.0. The Balaban J connectivity index is 2.02. The topological polar surface area (TPSA) is 103 Å². The van der Waals surface area contributed by atoms with E-state index in [4.69, 9.17) is 0 Å². The predicted molar refractivity (Wildman–Crippen MR) is 94.8 cm³/mol. The van der Waals surface area contributed by atoms with Gasteiger partial charge >= 0.3 is 10.2 Å². The maximum atomic E-state index is 12.0. The molecule has 0 unspecified atom stereocenters. The summed E-state index contributed by atoms with van der Waals surface area (Å²) in [5.74, 6) is -0.0489. The van der Waals surface area contributed by atoms with E-state index >= 15 is 0 Å². The summed E-state index contributed by atoms with van der Waals surface area (Å²) in [5.41, 5.74) is 2.12. The molecule has 1 aliphatic heterocycles. The number of aromatic nitrogens is 1. The number of rotatable bonds is 3. The number of anilines is 2. The Kier molecular flexibility index (Phi) is 4.03. The molecule has 3 rings (SSSR count). The van der Waals surface area contributed by atoms with Crippen LogP contribution in [0.25, 0.3) is 11.1 Å². The fourth-order valence-corrected chi connectivity index (χ4v) is 3.95. The molecule has 2 heterocycles. The van der Waals surface area contributed by atoms with Crippen molar-refractivity contribution in [3.63, 3.8) is 0 Å². The fraction of sp³-hybridized carbons (Fsp3) is 0.250. The number of amides is 1. The number of aromatic hydroxyl groups is 1. The predicted octanol–water partition coefficient (Wildman–Crippen LogP) is 1.01. The number of carbonyl (C=O) groups excluding carboxylic acids is 1. The number of hydrogen-bond acceptors (Lipinski definition) is 6. The Morgan fingerprint density at radius 2 is 1.96 bits per heavy atom. The van der Waals surface area contributed by atoms with Gasteiger partial charge in [-0.05, 0) is 42.3 Å². The number of phenolic OH excluding ortho intramolecular Hbond substituents is 1. The summed E-state index contributed by atoms with van der Waals surface area (Å²) in [5, 5.41) is 10.4. The summed E-state index contributed by atoms with van der Waals surface area (Å²) in [6, 6.07) is 6.93. The van der Waals surface area contributed by atoms with Crippen LogP contribution in [-0.2, 0) is 15.0 Å². The van der Waals surface area contributed by atoms with E-state index in [2.05, 4.69) is 4.98 Å². The number of aryl methyl sites for hydroxylation is 1. The summed E-state index contributed by atoms with van der Waals surface area (Å²) in [4.78, 5) is 17.6. The third-order valence-corrected chi connectivity index (χ3v) is 5.27. The van der Waals surface area contributed by atoms with Crippen molar-refractivity contribution in [2.45, 2.75) is 6.92 Å². The van der Waals surface area contributed by atoms with Crippen molar-refractivity contribution >= 4 is 27.6 Å². The van der Waals surface area contributed by atoms with Gasteiger partial charge in [0.15, 0.2) is 0 Å². The van der Waals surface area contributed by atoms with Gasteiger partial charge in [0.05, 0.1) is 5.69 Å². The number of nitrogens with one attached hydrogen (secondary N) is 1. The first-order valence-corrected chi connectivity index (χ1v) is 8.94. The number of pyridine rings is 1. The second kappa shape index (κ2) is 5.92. The molecule has 132 valence electrons. The number of benzene rings is 1. The lowest BCUT2D eigenvalue weighted by atomic mass is 10.0. The van der Waals surface area contributed by atoms with Crippen LogP contribution in [0.3, 0.4) is 0 Å². The van der Waals surface area contributed by atoms with Crippen molar-refractivity contribution < 1.29 is 18.3 Å². The summed E-state index contributed by atoms with van der Waals surface area (Å²) < 4.78 is 26.8. The van der Waals surface area contributed by atoms with Crippen molar-refractivity contribution in [3.05, 3.63) is 36.0 Å². The number of nitrogens with zero attached hydrogens (tertiary/aromatic N) is 3. The highest BCUT2D eigenvalue weighted by Gasteiger charge is 2.36. The van der Waals surface area contributed by atoms with E-state index in [9.17, 15) is 18.3 Å². The minimum atomic E-state index is -3.97. The van der Waals surface area contributed by atoms with Crippen molar-refractivity contribution in [3.8, 4) is 16.9 Å². The van der Waals surface area contributed by atoms with Crippen LogP contribution >= 0.6 is 0 Å². The molecule has 0 atom stereocenters. The molecule has 0 saturated carbocycles. The standard InChI is InChI=1S/C16H18N4O4S/c1-10-6-12(11-4-5-14(17-8-11)19(2)3)7-13(21)16(10)20-9-15(22)18-25(20,23)24/h4-8,21H,9H2,1-3H3,(H,18,22). The summed E-state index contributed by atoms with van der Waals surface area (Å²) in [7, 11) is -0.196. The van der Waals surface area contributed by atoms with E-state index in [1.807, 2.05) is 35.9 Å². The third-order valence-electron chi connectivity index (χ3n) is 3.89. The minimum absolute atomic E-state index is 0.0972. The lowest BCUT2D eigenvalue weighted by Gasteiger charge is -2.19. The first-order chi connectivity index (χ1) is 11.7. The molecule has 0 bridgehead atoms. The summed E-state index contributed by atoms with van der Waals surface area (Å²) in [6.45, 7) is 1.33. The van der Waals surface area contributed by atoms with Gasteiger partial charge in [-0.25, -0.2) is 14.0 Å². The van der Waals surface area contributed by atoms with Crippen LogP contribution in [0.15, 0.2) is 30.5 Å². The van der Waals surface area contributed by atoms with Gasteiger partial charge in [-0.15, -0.1) is 0 Å². The molecule has 1 amide bonds. The first-order valence-electron chi connectivity index (χ1n) is 7.50. The highest BCUT2D eigenvalue weighted by Crippen LogP contribution is 2.37. The molecule has 8 nitrogen and oxygen atoms in total. The first kappa shape index (κ1) is 17.0. The smallest absolute Gasteiger partial charge is 0.326 e. The van der Waals surface area contributed by atoms with E-state index in [-0.39, 0.29) is 18.0 Å². The molecule has 2 aromatic rings. The van der Waals surface area contributed by atoms with Crippen LogP contribution in [0.5, 0.6) is 5.75 Å². The Morgan fingerprint density at radius 1 is 1.24 bits per heavy atom. The molecule has 1 aliphatic rings. The monoisotopic (exact) mass is 362 g/mol. The van der Waals surface area contributed by atoms with Crippen molar-refractivity contribution in [1.82, 2.24) is 9.71 Å². The largest absolute Gasteiger partial charge is 0.506 e. The van der Waals surface area contributed by atoms with Crippen molar-refractivity contribution in [2.24, 2.45) is 0 Å². The number of carbonyl (C=O) groups is 1. The highest BCUT2D eigenvalue weighted by molar-refractivity contribution is 7.92. The molecule has 2 N–H and O–H groups in total. The van der Waals surface area contributed by atoms with Crippen LogP contribution in [0.2, 0.25) is 0 Å². The third kappa shape index (κ3) is 3.10. The van der Waals surface area contributed by atoms with Crippen molar-refractivity contribution in [1.29, 1.82) is 0 Å². The average Bonchev–Trinajstić information content (AvgIpc) is 2.79. The SMILES string of the molecule is Cc1cc(-c2ccc(N(C)C)nc2)cc(O)c1N1CC(=O)NS1(=O)=O. The maximum Gasteiger partial charge on any atom is 0.326 e. The lowest BCUT2D eigenvalue weighted by molar-refractivity contribution is -0.117. The molecule has 25 heavy (non-hydrogen) atoms. The van der Waals surface area contributed by atoms with Gasteiger partial charge in [-0.3, -0.25) is 4.79 Å². The summed E-state index contributed by atoms with van der Waals surface area (Å²) in [6.07, 6.45) is 1.68. The molecule has 1 aromatic carbocycles. The van der Waals surface area contributed by atoms with Crippen molar-refractivity contribution in [2.75, 3.05) is 29.8 Å². The van der Waals surface area contributed by atoms with E-state index in [1.54, 1.807) is 19.2 Å². The van der Waals surface area contributed by atoms with Gasteiger partial charge in [0.25, 0.3) is 5.91 Å². The molecule has 1 aromatic heterocycles. The Morgan fingerprint density at radius 3 is 2.44 bits per heavy atom. The molecule has 1 fully saturated rings. The zero-order chi connectivity index (χ0) is 18.4.